The normalized spacial score (nSPS) is 11.3. The first-order valence-corrected chi connectivity index (χ1v) is 15.4. The first-order chi connectivity index (χ1) is 23.3. The Morgan fingerprint density at radius 2 is 1.18 bits per heavy atom. The Hall–Kier alpha value is -5.27. The quantitative estimate of drug-likeness (QED) is 0.0736. The third-order valence-electron chi connectivity index (χ3n) is 7.05. The smallest absolute Gasteiger partial charge is 0.459 e. The molecule has 0 aliphatic carbocycles. The highest BCUT2D eigenvalue weighted by atomic mass is 19.4. The van der Waals surface area contributed by atoms with E-state index < -0.39 is 35.6 Å². The number of nitrogens with zero attached hydrogens (tertiary/aromatic N) is 2. The summed E-state index contributed by atoms with van der Waals surface area (Å²) < 4.78 is 87.2. The minimum Gasteiger partial charge on any atom is -0.616 e. The van der Waals surface area contributed by atoms with Crippen molar-refractivity contribution in [3.8, 4) is 23.3 Å². The van der Waals surface area contributed by atoms with Crippen molar-refractivity contribution in [1.82, 2.24) is 4.98 Å². The van der Waals surface area contributed by atoms with Crippen LogP contribution in [-0.4, -0.2) is 36.3 Å². The van der Waals surface area contributed by atoms with Crippen LogP contribution < -0.4 is 14.2 Å². The molecule has 0 N–H and O–H groups in total. The van der Waals surface area contributed by atoms with Gasteiger partial charge in [-0.2, -0.15) is 22.0 Å². The first kappa shape index (κ1) is 39.2. The molecule has 0 aliphatic rings. The van der Waals surface area contributed by atoms with E-state index in [2.05, 4.69) is 4.98 Å². The maximum absolute atomic E-state index is 13.7. The van der Waals surface area contributed by atoms with Crippen molar-refractivity contribution in [1.29, 1.82) is 0 Å². The van der Waals surface area contributed by atoms with Crippen molar-refractivity contribution in [2.45, 2.75) is 67.5 Å². The number of aromatic nitrogens is 2. The van der Waals surface area contributed by atoms with Crippen molar-refractivity contribution in [2.75, 3.05) is 13.2 Å². The molecule has 2 aromatic carbocycles. The van der Waals surface area contributed by atoms with Crippen LogP contribution in [0.1, 0.15) is 73.6 Å². The van der Waals surface area contributed by atoms with Gasteiger partial charge < -0.3 is 24.2 Å². The number of carbonyl (C=O) groups excluding carboxylic acids is 2. The first-order valence-electron chi connectivity index (χ1n) is 15.4. The maximum atomic E-state index is 13.7. The molecule has 0 radical (unpaired) electrons. The van der Waals surface area contributed by atoms with Crippen LogP contribution in [0.4, 0.5) is 22.0 Å². The van der Waals surface area contributed by atoms with Crippen LogP contribution in [0.3, 0.4) is 0 Å². The second kappa shape index (κ2) is 16.0. The van der Waals surface area contributed by atoms with Gasteiger partial charge in [-0.25, -0.2) is 14.6 Å². The molecule has 0 fully saturated rings. The Morgan fingerprint density at radius 3 is 1.64 bits per heavy atom. The molecule has 0 aliphatic heterocycles. The van der Waals surface area contributed by atoms with Crippen molar-refractivity contribution in [3.05, 3.63) is 110 Å². The third kappa shape index (κ3) is 9.04. The molecular weight excluding hydrogens is 667 g/mol. The fourth-order valence-electron chi connectivity index (χ4n) is 4.99. The van der Waals surface area contributed by atoms with Crippen LogP contribution in [0.25, 0.3) is 0 Å². The summed E-state index contributed by atoms with van der Waals surface area (Å²) in [6.45, 7) is 14.4. The van der Waals surface area contributed by atoms with E-state index in [-0.39, 0.29) is 36.0 Å². The Bertz CT molecular complexity index is 1830. The number of rotatable bonds is 9. The average Bonchev–Trinajstić information content (AvgIpc) is 3.01. The Kier molecular flexibility index (Phi) is 12.5. The third-order valence-corrected chi connectivity index (χ3v) is 7.05. The summed E-state index contributed by atoms with van der Waals surface area (Å²) in [5, 5.41) is 12.0. The van der Waals surface area contributed by atoms with Crippen molar-refractivity contribution in [3.63, 3.8) is 0 Å². The second-order valence-corrected chi connectivity index (χ2v) is 11.3. The predicted octanol–water partition coefficient (Wildman–Crippen LogP) is 8.84. The van der Waals surface area contributed by atoms with E-state index in [1.807, 2.05) is 39.8 Å². The number of alkyl halides is 5. The second-order valence-electron chi connectivity index (χ2n) is 11.3. The van der Waals surface area contributed by atoms with Gasteiger partial charge in [-0.1, -0.05) is 35.4 Å². The lowest BCUT2D eigenvalue weighted by Crippen LogP contribution is -2.34. The molecule has 0 spiro atoms. The predicted molar refractivity (Wildman–Crippen MR) is 173 cm³/mol. The van der Waals surface area contributed by atoms with Crippen molar-refractivity contribution < 1.29 is 55.2 Å². The minimum absolute atomic E-state index is 0.0265. The largest absolute Gasteiger partial charge is 0.616 e. The monoisotopic (exact) mass is 704 g/mol. The molecule has 268 valence electrons. The maximum Gasteiger partial charge on any atom is 0.459 e. The lowest BCUT2D eigenvalue weighted by molar-refractivity contribution is -0.611. The van der Waals surface area contributed by atoms with E-state index >= 15 is 0 Å². The number of esters is 2. The summed E-state index contributed by atoms with van der Waals surface area (Å²) in [4.78, 5) is 27.4. The van der Waals surface area contributed by atoms with E-state index in [0.29, 0.717) is 27.7 Å². The van der Waals surface area contributed by atoms with Gasteiger partial charge in [0, 0.05) is 6.07 Å². The summed E-state index contributed by atoms with van der Waals surface area (Å²) in [6, 6.07) is 11.6. The van der Waals surface area contributed by atoms with Gasteiger partial charge in [0.05, 0.1) is 13.2 Å². The van der Waals surface area contributed by atoms with Gasteiger partial charge in [0.25, 0.3) is 0 Å². The van der Waals surface area contributed by atoms with E-state index in [1.54, 1.807) is 32.9 Å². The lowest BCUT2D eigenvalue weighted by atomic mass is 10.1. The van der Waals surface area contributed by atoms with Gasteiger partial charge in [0.15, 0.2) is 11.8 Å². The number of benzene rings is 2. The van der Waals surface area contributed by atoms with Crippen LogP contribution in [0.5, 0.6) is 23.3 Å². The summed E-state index contributed by atoms with van der Waals surface area (Å²) in [5.74, 6) is -6.72. The number of carbonyl (C=O) groups is 2. The number of hydrogen-bond donors (Lipinski definition) is 0. The Morgan fingerprint density at radius 1 is 0.720 bits per heavy atom. The fraction of sp³-hybridized carbons (Fsp3) is 0.333. The highest BCUT2D eigenvalue weighted by Gasteiger charge is 2.60. The topological polar surface area (TPSA) is 111 Å². The zero-order valence-corrected chi connectivity index (χ0v) is 28.8. The molecule has 9 nitrogen and oxygen atoms in total. The molecule has 50 heavy (non-hydrogen) atoms. The molecule has 14 heteroatoms. The van der Waals surface area contributed by atoms with Gasteiger partial charge in [-0.05, 0) is 95.8 Å². The lowest BCUT2D eigenvalue weighted by Gasteiger charge is -2.20. The molecule has 0 unspecified atom stereocenters. The molecule has 0 atom stereocenters. The van der Waals surface area contributed by atoms with Gasteiger partial charge >= 0.3 is 29.9 Å². The molecule has 0 amide bonds. The van der Waals surface area contributed by atoms with E-state index in [9.17, 15) is 36.7 Å². The SMILES string of the molecule is CCOC(=O)c1ccc(C(F)(F)C(F)(F)F)nc1Oc1c(C)cc(C)cc1C.CCOC(=O)c1ccc[n+]([O-])c1Oc1c(C)cc(C)cc1C. The number of aryl methyl sites for hydroxylation is 6. The van der Waals surface area contributed by atoms with Crippen LogP contribution in [-0.2, 0) is 15.4 Å². The Balaban J connectivity index is 0.000000278. The zero-order chi connectivity index (χ0) is 37.6. The van der Waals surface area contributed by atoms with Crippen molar-refractivity contribution in [2.24, 2.45) is 0 Å². The molecule has 2 aromatic heterocycles. The molecule has 0 saturated carbocycles. The standard InChI is InChI=1S/C19H18F5NO3.C17H19NO4/c1-5-27-17(26)13-6-7-14(18(20,21)19(22,23)24)25-16(13)28-15-11(3)8-10(2)9-12(15)4;1-5-21-17(19)14-7-6-8-18(20)16(14)22-15-12(3)9-11(2)10-13(15)4/h6-9H,5H2,1-4H3;6-10H,5H2,1-4H3. The Labute approximate surface area is 286 Å². The van der Waals surface area contributed by atoms with Gasteiger partial charge in [-0.15, -0.1) is 4.73 Å². The molecular formula is C36H37F5N2O7. The van der Waals surface area contributed by atoms with Crippen LogP contribution in [0.15, 0.2) is 54.7 Å². The molecule has 2 heterocycles. The number of pyridine rings is 2. The van der Waals surface area contributed by atoms with Crippen LogP contribution in [0, 0.1) is 46.7 Å². The number of halogens is 5. The fourth-order valence-corrected chi connectivity index (χ4v) is 4.99. The van der Waals surface area contributed by atoms with Gasteiger partial charge in [0.1, 0.15) is 22.8 Å². The molecule has 4 rings (SSSR count). The van der Waals surface area contributed by atoms with E-state index in [1.165, 1.54) is 25.3 Å². The highest BCUT2D eigenvalue weighted by Crippen LogP contribution is 2.44. The molecule has 0 bridgehead atoms. The van der Waals surface area contributed by atoms with Crippen molar-refractivity contribution >= 4 is 11.9 Å². The summed E-state index contributed by atoms with van der Waals surface area (Å²) in [7, 11) is 0. The molecule has 4 aromatic rings. The average molecular weight is 705 g/mol. The van der Waals surface area contributed by atoms with Gasteiger partial charge in [0.2, 0.25) is 5.88 Å². The van der Waals surface area contributed by atoms with Crippen LogP contribution >= 0.6 is 0 Å². The van der Waals surface area contributed by atoms with E-state index in [4.69, 9.17) is 18.9 Å². The zero-order valence-electron chi connectivity index (χ0n) is 28.8. The number of hydrogen-bond acceptors (Lipinski definition) is 8. The van der Waals surface area contributed by atoms with Gasteiger partial charge in [-0.3, -0.25) is 0 Å². The highest BCUT2D eigenvalue weighted by molar-refractivity contribution is 5.92. The number of ether oxygens (including phenoxy) is 4. The van der Waals surface area contributed by atoms with E-state index in [0.717, 1.165) is 28.3 Å². The minimum atomic E-state index is -5.85. The summed E-state index contributed by atoms with van der Waals surface area (Å²) >= 11 is 0. The van der Waals surface area contributed by atoms with Crippen LogP contribution in [0.2, 0.25) is 0 Å². The summed E-state index contributed by atoms with van der Waals surface area (Å²) in [5.41, 5.74) is 3.18. The summed E-state index contributed by atoms with van der Waals surface area (Å²) in [6.07, 6.45) is -4.56. The molecule has 0 saturated heterocycles.